The van der Waals surface area contributed by atoms with Crippen LogP contribution in [0, 0.1) is 0 Å². The Hall–Kier alpha value is -1.56. The van der Waals surface area contributed by atoms with Gasteiger partial charge < -0.3 is 30.4 Å². The topological polar surface area (TPSA) is 110 Å². The number of likely N-dealkylation sites (tertiary alicyclic amines) is 1. The highest BCUT2D eigenvalue weighted by Gasteiger charge is 2.29. The van der Waals surface area contributed by atoms with Crippen LogP contribution in [0.4, 0.5) is 26.3 Å². The van der Waals surface area contributed by atoms with Crippen molar-refractivity contribution in [2.75, 3.05) is 20.1 Å². The van der Waals surface area contributed by atoms with Gasteiger partial charge in [0.2, 0.25) is 0 Å². The molecule has 1 aliphatic rings. The monoisotopic (exact) mass is 326 g/mol. The van der Waals surface area contributed by atoms with Crippen molar-refractivity contribution in [3.05, 3.63) is 0 Å². The molecule has 1 heterocycles. The van der Waals surface area contributed by atoms with Gasteiger partial charge in [0.15, 0.2) is 0 Å². The molecule has 1 rings (SSSR count). The van der Waals surface area contributed by atoms with E-state index in [1.54, 1.807) is 0 Å². The fraction of sp³-hybridized carbons (Fsp3) is 0.778. The van der Waals surface area contributed by atoms with E-state index < -0.39 is 24.3 Å². The Kier molecular flexibility index (Phi) is 8.97. The zero-order chi connectivity index (χ0) is 17.4. The van der Waals surface area contributed by atoms with Crippen LogP contribution in [0.25, 0.3) is 0 Å². The van der Waals surface area contributed by atoms with Crippen molar-refractivity contribution in [1.82, 2.24) is 4.90 Å². The first-order chi connectivity index (χ1) is 9.23. The van der Waals surface area contributed by atoms with Gasteiger partial charge in [-0.15, -0.1) is 0 Å². The number of hydrogen-bond donors (Lipinski definition) is 1. The number of carboxylic acids is 2. The molecule has 21 heavy (non-hydrogen) atoms. The van der Waals surface area contributed by atoms with Crippen LogP contribution >= 0.6 is 0 Å². The highest BCUT2D eigenvalue weighted by Crippen LogP contribution is 2.12. The second-order valence-corrected chi connectivity index (χ2v) is 3.73. The first-order valence-electron chi connectivity index (χ1n) is 5.20. The van der Waals surface area contributed by atoms with E-state index in [1.165, 1.54) is 13.0 Å². The third-order valence-corrected chi connectivity index (χ3v) is 2.17. The number of carboxylic acid groups (broad SMARTS) is 2. The summed E-state index contributed by atoms with van der Waals surface area (Å²) >= 11 is 0. The fourth-order valence-corrected chi connectivity index (χ4v) is 0.868. The number of carbonyl (C=O) groups is 2. The Morgan fingerprint density at radius 2 is 1.38 bits per heavy atom. The van der Waals surface area contributed by atoms with Gasteiger partial charge in [-0.25, -0.2) is 0 Å². The van der Waals surface area contributed by atoms with Crippen LogP contribution in [0.15, 0.2) is 0 Å². The van der Waals surface area contributed by atoms with Gasteiger partial charge in [0, 0.05) is 12.6 Å². The van der Waals surface area contributed by atoms with Crippen molar-refractivity contribution in [1.29, 1.82) is 0 Å². The van der Waals surface area contributed by atoms with Crippen LogP contribution in [0.1, 0.15) is 6.42 Å². The van der Waals surface area contributed by atoms with E-state index in [0.717, 1.165) is 6.54 Å². The Labute approximate surface area is 115 Å². The fourth-order valence-electron chi connectivity index (χ4n) is 0.868. The summed E-state index contributed by atoms with van der Waals surface area (Å²) in [6, 6.07) is 0.694. The number of nitrogens with zero attached hydrogens (tertiary/aromatic N) is 1. The summed E-state index contributed by atoms with van der Waals surface area (Å²) in [7, 11) is 2.11. The smallest absolute Gasteiger partial charge is 0.430 e. The Bertz CT molecular complexity index is 318. The van der Waals surface area contributed by atoms with Crippen LogP contribution in [0.2, 0.25) is 0 Å². The van der Waals surface area contributed by atoms with E-state index in [9.17, 15) is 26.3 Å². The van der Waals surface area contributed by atoms with Crippen LogP contribution in [0.3, 0.4) is 0 Å². The SMILES string of the molecule is CN1CC[C@H]1CN.O=C([O-])C(F)(F)F.O=C([O-])C(F)(F)F. The lowest BCUT2D eigenvalue weighted by molar-refractivity contribution is -0.344. The van der Waals surface area contributed by atoms with E-state index in [2.05, 4.69) is 11.9 Å². The second kappa shape index (κ2) is 8.67. The molecule has 126 valence electrons. The number of nitrogens with two attached hydrogens (primary N) is 1. The predicted octanol–water partition coefficient (Wildman–Crippen LogP) is -1.75. The van der Waals surface area contributed by atoms with E-state index in [1.807, 2.05) is 0 Å². The highest BCUT2D eigenvalue weighted by atomic mass is 19.4. The Morgan fingerprint density at radius 1 is 1.10 bits per heavy atom. The summed E-state index contributed by atoms with van der Waals surface area (Å²) in [5, 5.41) is 17.6. The zero-order valence-corrected chi connectivity index (χ0v) is 10.6. The number of rotatable bonds is 1. The van der Waals surface area contributed by atoms with Crippen molar-refractivity contribution in [3.63, 3.8) is 0 Å². The molecule has 0 unspecified atom stereocenters. The molecule has 0 spiro atoms. The van der Waals surface area contributed by atoms with Gasteiger partial charge in [-0.1, -0.05) is 0 Å². The number of likely N-dealkylation sites (N-methyl/N-ethyl adjacent to an activating group) is 1. The molecule has 6 nitrogen and oxygen atoms in total. The minimum absolute atomic E-state index is 0.694. The van der Waals surface area contributed by atoms with Gasteiger partial charge in [0.1, 0.15) is 11.9 Å². The molecule has 1 fully saturated rings. The maximum absolute atomic E-state index is 10.5. The molecular weight excluding hydrogens is 314 g/mol. The summed E-state index contributed by atoms with van der Waals surface area (Å²) in [5.74, 6) is -6.01. The maximum Gasteiger partial charge on any atom is 0.430 e. The van der Waals surface area contributed by atoms with E-state index in [-0.39, 0.29) is 0 Å². The van der Waals surface area contributed by atoms with E-state index in [4.69, 9.17) is 25.5 Å². The average molecular weight is 326 g/mol. The molecule has 0 aromatic carbocycles. The largest absolute Gasteiger partial charge is 0.542 e. The van der Waals surface area contributed by atoms with Crippen molar-refractivity contribution < 1.29 is 46.1 Å². The van der Waals surface area contributed by atoms with Crippen LogP contribution in [0.5, 0.6) is 0 Å². The summed E-state index contributed by atoms with van der Waals surface area (Å²) in [4.78, 5) is 19.8. The van der Waals surface area contributed by atoms with E-state index >= 15 is 0 Å². The maximum atomic E-state index is 10.5. The van der Waals surface area contributed by atoms with Crippen LogP contribution < -0.4 is 15.9 Å². The molecule has 0 aromatic heterocycles. The second-order valence-electron chi connectivity index (χ2n) is 3.73. The standard InChI is InChI=1S/C5H12N2.2C2HF3O2/c1-7-3-2-5(7)4-6;2*3-2(4,5)1(6)7/h5H,2-4,6H2,1H3;2*(H,6,7)/p-2/t5-;;/m0../s1. The molecular formula is C9H12F6N2O4-2. The molecule has 0 aromatic rings. The molecule has 1 saturated heterocycles. The Morgan fingerprint density at radius 3 is 1.38 bits per heavy atom. The van der Waals surface area contributed by atoms with Crippen molar-refractivity contribution >= 4 is 11.9 Å². The molecule has 0 saturated carbocycles. The number of hydrogen-bond acceptors (Lipinski definition) is 6. The first kappa shape index (κ1) is 21.7. The molecule has 1 aliphatic heterocycles. The minimum atomic E-state index is -5.19. The van der Waals surface area contributed by atoms with Gasteiger partial charge in [-0.3, -0.25) is 0 Å². The summed E-state index contributed by atoms with van der Waals surface area (Å²) in [6.45, 7) is 2.07. The molecule has 2 N–H and O–H groups in total. The van der Waals surface area contributed by atoms with Gasteiger partial charge in [0.25, 0.3) is 0 Å². The molecule has 0 radical (unpaired) electrons. The average Bonchev–Trinajstić information content (AvgIpc) is 2.26. The first-order valence-corrected chi connectivity index (χ1v) is 5.20. The lowest BCUT2D eigenvalue weighted by Gasteiger charge is -2.36. The summed E-state index contributed by atoms with van der Waals surface area (Å²) < 4.78 is 63.1. The normalized spacial score (nSPS) is 18.4. The molecule has 1 atom stereocenters. The zero-order valence-electron chi connectivity index (χ0n) is 10.6. The number of halogens is 6. The molecule has 12 heteroatoms. The van der Waals surface area contributed by atoms with Crippen LogP contribution in [-0.4, -0.2) is 55.4 Å². The minimum Gasteiger partial charge on any atom is -0.542 e. The molecule has 0 aliphatic carbocycles. The lowest BCUT2D eigenvalue weighted by Crippen LogP contribution is -2.48. The lowest BCUT2D eigenvalue weighted by atomic mass is 10.1. The van der Waals surface area contributed by atoms with Gasteiger partial charge >= 0.3 is 12.4 Å². The third kappa shape index (κ3) is 10.8. The molecule has 0 amide bonds. The van der Waals surface area contributed by atoms with Crippen LogP contribution in [-0.2, 0) is 9.59 Å². The Balaban J connectivity index is 0. The summed E-state index contributed by atoms with van der Waals surface area (Å²) in [6.07, 6.45) is -9.09. The summed E-state index contributed by atoms with van der Waals surface area (Å²) in [5.41, 5.74) is 5.38. The number of aliphatic carboxylic acids is 2. The van der Waals surface area contributed by atoms with Gasteiger partial charge in [-0.05, 0) is 20.0 Å². The quantitative estimate of drug-likeness (QED) is 0.572. The predicted molar refractivity (Wildman–Crippen MR) is 52.2 cm³/mol. The van der Waals surface area contributed by atoms with Crippen molar-refractivity contribution in [2.45, 2.75) is 24.8 Å². The molecule has 0 bridgehead atoms. The van der Waals surface area contributed by atoms with Crippen molar-refractivity contribution in [3.8, 4) is 0 Å². The van der Waals surface area contributed by atoms with Gasteiger partial charge in [0.05, 0.1) is 0 Å². The number of carbonyl (C=O) groups excluding carboxylic acids is 2. The third-order valence-electron chi connectivity index (χ3n) is 2.17. The highest BCUT2D eigenvalue weighted by molar-refractivity contribution is 5.71. The number of alkyl halides is 6. The van der Waals surface area contributed by atoms with Gasteiger partial charge in [-0.2, -0.15) is 26.3 Å². The van der Waals surface area contributed by atoms with Crippen molar-refractivity contribution in [2.24, 2.45) is 5.73 Å². The van der Waals surface area contributed by atoms with E-state index in [0.29, 0.717) is 6.04 Å².